The number of halogens is 1. The average Bonchev–Trinajstić information content (AvgIpc) is 2.90. The predicted octanol–water partition coefficient (Wildman–Crippen LogP) is 4.99. The maximum absolute atomic E-state index is 13.5. The van der Waals surface area contributed by atoms with Crippen molar-refractivity contribution in [2.45, 2.75) is 45.1 Å². The van der Waals surface area contributed by atoms with Gasteiger partial charge in [0, 0.05) is 17.0 Å². The number of thiophene rings is 1. The average molecular weight is 305 g/mol. The fourth-order valence-corrected chi connectivity index (χ4v) is 3.07. The predicted molar refractivity (Wildman–Crippen MR) is 89.5 cm³/mol. The van der Waals surface area contributed by atoms with Crippen LogP contribution in [0.4, 0.5) is 4.39 Å². The molecule has 0 bridgehead atoms. The Kier molecular flexibility index (Phi) is 5.54. The highest BCUT2D eigenvalue weighted by molar-refractivity contribution is 7.09. The molecule has 0 aliphatic heterocycles. The molecule has 21 heavy (non-hydrogen) atoms. The van der Waals surface area contributed by atoms with Crippen LogP contribution in [0.25, 0.3) is 0 Å². The highest BCUT2D eigenvalue weighted by atomic mass is 32.1. The summed E-state index contributed by atoms with van der Waals surface area (Å²) < 4.78 is 13.5. The van der Waals surface area contributed by atoms with Crippen LogP contribution in [0.5, 0.6) is 0 Å². The second-order valence-electron chi connectivity index (χ2n) is 6.50. The van der Waals surface area contributed by atoms with Gasteiger partial charge < -0.3 is 5.32 Å². The maximum atomic E-state index is 13.5. The first-order valence-corrected chi connectivity index (χ1v) is 8.35. The lowest BCUT2D eigenvalue weighted by Gasteiger charge is -2.25. The summed E-state index contributed by atoms with van der Waals surface area (Å²) in [4.78, 5) is 1.40. The SMILES string of the molecule is CC(C)(C)NCC(CCc1cccs1)c1cccc(F)c1. The van der Waals surface area contributed by atoms with Gasteiger partial charge >= 0.3 is 0 Å². The standard InChI is InChI=1S/C18H24FNS/c1-18(2,3)20-13-15(9-10-17-8-5-11-21-17)14-6-4-7-16(19)12-14/h4-8,11-12,15,20H,9-10,13H2,1-3H3. The molecule has 1 aromatic carbocycles. The first kappa shape index (κ1) is 16.2. The summed E-state index contributed by atoms with van der Waals surface area (Å²) in [5.41, 5.74) is 1.16. The fraction of sp³-hybridized carbons (Fsp3) is 0.444. The van der Waals surface area contributed by atoms with Crippen molar-refractivity contribution < 1.29 is 4.39 Å². The Hall–Kier alpha value is -1.19. The lowest BCUT2D eigenvalue weighted by atomic mass is 9.92. The van der Waals surface area contributed by atoms with Gasteiger partial charge in [-0.1, -0.05) is 18.2 Å². The molecule has 0 aliphatic rings. The Morgan fingerprint density at radius 3 is 2.62 bits per heavy atom. The molecule has 1 heterocycles. The van der Waals surface area contributed by atoms with Crippen molar-refractivity contribution in [1.82, 2.24) is 5.32 Å². The van der Waals surface area contributed by atoms with Crippen molar-refractivity contribution in [3.8, 4) is 0 Å². The minimum Gasteiger partial charge on any atom is -0.311 e. The monoisotopic (exact) mass is 305 g/mol. The van der Waals surface area contributed by atoms with Crippen LogP contribution in [0.2, 0.25) is 0 Å². The third-order valence-corrected chi connectivity index (χ3v) is 4.45. The van der Waals surface area contributed by atoms with Crippen LogP contribution in [0.3, 0.4) is 0 Å². The molecule has 0 radical (unpaired) electrons. The van der Waals surface area contributed by atoms with E-state index < -0.39 is 0 Å². The van der Waals surface area contributed by atoms with Crippen LogP contribution in [0.15, 0.2) is 41.8 Å². The molecule has 0 saturated carbocycles. The number of hydrogen-bond acceptors (Lipinski definition) is 2. The van der Waals surface area contributed by atoms with Gasteiger partial charge in [0.25, 0.3) is 0 Å². The molecule has 2 rings (SSSR count). The van der Waals surface area contributed by atoms with Gasteiger partial charge in [0.15, 0.2) is 0 Å². The van der Waals surface area contributed by atoms with Crippen LogP contribution in [-0.2, 0) is 6.42 Å². The summed E-state index contributed by atoms with van der Waals surface area (Å²) in [6, 6.07) is 11.3. The topological polar surface area (TPSA) is 12.0 Å². The van der Waals surface area contributed by atoms with Gasteiger partial charge in [-0.2, -0.15) is 0 Å². The van der Waals surface area contributed by atoms with Crippen molar-refractivity contribution in [3.05, 3.63) is 58.0 Å². The van der Waals surface area contributed by atoms with Gasteiger partial charge in [0.1, 0.15) is 5.82 Å². The summed E-state index contributed by atoms with van der Waals surface area (Å²) in [5, 5.41) is 5.66. The van der Waals surface area contributed by atoms with E-state index in [0.29, 0.717) is 5.92 Å². The van der Waals surface area contributed by atoms with Crippen molar-refractivity contribution in [1.29, 1.82) is 0 Å². The van der Waals surface area contributed by atoms with Gasteiger partial charge in [0.2, 0.25) is 0 Å². The van der Waals surface area contributed by atoms with E-state index in [-0.39, 0.29) is 11.4 Å². The smallest absolute Gasteiger partial charge is 0.123 e. The largest absolute Gasteiger partial charge is 0.311 e. The van der Waals surface area contributed by atoms with E-state index in [9.17, 15) is 4.39 Å². The minimum atomic E-state index is -0.149. The van der Waals surface area contributed by atoms with Crippen LogP contribution in [0, 0.1) is 5.82 Å². The summed E-state index contributed by atoms with van der Waals surface area (Å²) in [7, 11) is 0. The minimum absolute atomic E-state index is 0.0779. The third kappa shape index (κ3) is 5.60. The molecule has 0 amide bonds. The quantitative estimate of drug-likeness (QED) is 0.792. The molecule has 1 aromatic heterocycles. The number of benzene rings is 1. The zero-order chi connectivity index (χ0) is 15.3. The lowest BCUT2D eigenvalue weighted by Crippen LogP contribution is -2.38. The van der Waals surface area contributed by atoms with Crippen molar-refractivity contribution in [3.63, 3.8) is 0 Å². The van der Waals surface area contributed by atoms with Crippen molar-refractivity contribution in [2.75, 3.05) is 6.54 Å². The van der Waals surface area contributed by atoms with Gasteiger partial charge in [-0.25, -0.2) is 4.39 Å². The highest BCUT2D eigenvalue weighted by Crippen LogP contribution is 2.24. The summed E-state index contributed by atoms with van der Waals surface area (Å²) in [5.74, 6) is 0.186. The molecule has 0 saturated heterocycles. The van der Waals surface area contributed by atoms with Gasteiger partial charge in [-0.3, -0.25) is 0 Å². The van der Waals surface area contributed by atoms with Gasteiger partial charge in [-0.05, 0) is 68.7 Å². The summed E-state index contributed by atoms with van der Waals surface area (Å²) in [6.45, 7) is 7.36. The molecule has 114 valence electrons. The zero-order valence-electron chi connectivity index (χ0n) is 13.0. The first-order chi connectivity index (χ1) is 9.94. The van der Waals surface area contributed by atoms with E-state index in [1.807, 2.05) is 6.07 Å². The first-order valence-electron chi connectivity index (χ1n) is 7.47. The maximum Gasteiger partial charge on any atom is 0.123 e. The second kappa shape index (κ2) is 7.19. The summed E-state index contributed by atoms with van der Waals surface area (Å²) in [6.07, 6.45) is 2.08. The van der Waals surface area contributed by atoms with E-state index in [4.69, 9.17) is 0 Å². The van der Waals surface area contributed by atoms with E-state index in [1.165, 1.54) is 10.9 Å². The normalized spacial score (nSPS) is 13.3. The van der Waals surface area contributed by atoms with Crippen LogP contribution < -0.4 is 5.32 Å². The molecule has 1 nitrogen and oxygen atoms in total. The summed E-state index contributed by atoms with van der Waals surface area (Å²) >= 11 is 1.79. The third-order valence-electron chi connectivity index (χ3n) is 3.52. The van der Waals surface area contributed by atoms with Gasteiger partial charge in [-0.15, -0.1) is 11.3 Å². The number of aryl methyl sites for hydroxylation is 1. The molecule has 0 spiro atoms. The van der Waals surface area contributed by atoms with Crippen LogP contribution >= 0.6 is 11.3 Å². The molecule has 1 N–H and O–H groups in total. The van der Waals surface area contributed by atoms with E-state index in [2.05, 4.69) is 43.6 Å². The molecule has 3 heteroatoms. The van der Waals surface area contributed by atoms with Crippen LogP contribution in [0.1, 0.15) is 43.6 Å². The molecular weight excluding hydrogens is 281 g/mol. The number of rotatable bonds is 6. The van der Waals surface area contributed by atoms with E-state index in [0.717, 1.165) is 24.9 Å². The Labute approximate surface area is 131 Å². The Balaban J connectivity index is 2.06. The fourth-order valence-electron chi connectivity index (χ4n) is 2.35. The molecule has 1 unspecified atom stereocenters. The molecule has 1 atom stereocenters. The van der Waals surface area contributed by atoms with E-state index in [1.54, 1.807) is 23.5 Å². The number of hydrogen-bond donors (Lipinski definition) is 1. The highest BCUT2D eigenvalue weighted by Gasteiger charge is 2.16. The van der Waals surface area contributed by atoms with Crippen molar-refractivity contribution in [2.24, 2.45) is 0 Å². The Morgan fingerprint density at radius 2 is 2.00 bits per heavy atom. The van der Waals surface area contributed by atoms with E-state index >= 15 is 0 Å². The van der Waals surface area contributed by atoms with Gasteiger partial charge in [0.05, 0.1) is 0 Å². The van der Waals surface area contributed by atoms with Crippen LogP contribution in [-0.4, -0.2) is 12.1 Å². The Morgan fingerprint density at radius 1 is 1.19 bits per heavy atom. The molecule has 2 aromatic rings. The van der Waals surface area contributed by atoms with Crippen molar-refractivity contribution >= 4 is 11.3 Å². The molecule has 0 aliphatic carbocycles. The lowest BCUT2D eigenvalue weighted by molar-refractivity contribution is 0.399. The number of nitrogens with one attached hydrogen (secondary N) is 1. The Bertz CT molecular complexity index is 543. The second-order valence-corrected chi connectivity index (χ2v) is 7.53. The molecular formula is C18H24FNS. The molecule has 0 fully saturated rings. The zero-order valence-corrected chi connectivity index (χ0v) is 13.8.